The van der Waals surface area contributed by atoms with Gasteiger partial charge >= 0.3 is 0 Å². The summed E-state index contributed by atoms with van der Waals surface area (Å²) in [6.07, 6.45) is 2.61. The van der Waals surface area contributed by atoms with Crippen molar-refractivity contribution >= 4 is 11.5 Å². The molecule has 92 valence electrons. The van der Waals surface area contributed by atoms with Crippen molar-refractivity contribution < 1.29 is 0 Å². The zero-order chi connectivity index (χ0) is 12.4. The highest BCUT2D eigenvalue weighted by Crippen LogP contribution is 2.32. The average molecular weight is 231 g/mol. The van der Waals surface area contributed by atoms with Gasteiger partial charge in [0.2, 0.25) is 0 Å². The van der Waals surface area contributed by atoms with E-state index in [0.717, 1.165) is 18.2 Å². The van der Waals surface area contributed by atoms with Gasteiger partial charge in [0.05, 0.1) is 0 Å². The first-order valence-corrected chi connectivity index (χ1v) is 6.29. The van der Waals surface area contributed by atoms with Gasteiger partial charge < -0.3 is 10.6 Å². The van der Waals surface area contributed by atoms with Gasteiger partial charge in [-0.3, -0.25) is 5.41 Å². The molecule has 3 heteroatoms. The van der Waals surface area contributed by atoms with Crippen LogP contribution in [-0.4, -0.2) is 18.4 Å². The number of rotatable bonds is 5. The van der Waals surface area contributed by atoms with E-state index in [-0.39, 0.29) is 5.84 Å². The van der Waals surface area contributed by atoms with Crippen molar-refractivity contribution in [2.75, 3.05) is 11.4 Å². The van der Waals surface area contributed by atoms with E-state index in [1.807, 2.05) is 12.1 Å². The number of nitrogens with one attached hydrogen (secondary N) is 1. The number of nitrogen functional groups attached to an aromatic ring is 1. The fraction of sp³-hybridized carbons (Fsp3) is 0.500. The van der Waals surface area contributed by atoms with Crippen molar-refractivity contribution in [1.29, 1.82) is 5.41 Å². The molecule has 0 aromatic heterocycles. The van der Waals surface area contributed by atoms with Crippen LogP contribution in [0.4, 0.5) is 5.69 Å². The third-order valence-corrected chi connectivity index (χ3v) is 3.06. The highest BCUT2D eigenvalue weighted by Gasteiger charge is 2.29. The Kier molecular flexibility index (Phi) is 3.36. The molecule has 0 atom stereocenters. The summed E-state index contributed by atoms with van der Waals surface area (Å²) in [5.74, 6) is 0.807. The Labute approximate surface area is 103 Å². The van der Waals surface area contributed by atoms with Gasteiger partial charge in [0.1, 0.15) is 5.84 Å². The molecule has 2 rings (SSSR count). The first kappa shape index (κ1) is 12.0. The third kappa shape index (κ3) is 2.99. The molecule has 0 radical (unpaired) electrons. The maximum Gasteiger partial charge on any atom is 0.122 e. The Morgan fingerprint density at radius 1 is 1.35 bits per heavy atom. The van der Waals surface area contributed by atoms with E-state index in [9.17, 15) is 0 Å². The Morgan fingerprint density at radius 3 is 2.35 bits per heavy atom. The van der Waals surface area contributed by atoms with E-state index in [4.69, 9.17) is 11.1 Å². The third-order valence-electron chi connectivity index (χ3n) is 3.06. The molecule has 1 aliphatic carbocycles. The summed E-state index contributed by atoms with van der Waals surface area (Å²) in [5, 5.41) is 7.39. The summed E-state index contributed by atoms with van der Waals surface area (Å²) >= 11 is 0. The summed E-state index contributed by atoms with van der Waals surface area (Å²) in [4.78, 5) is 2.48. The maximum atomic E-state index is 7.39. The average Bonchev–Trinajstić information content (AvgIpc) is 3.09. The lowest BCUT2D eigenvalue weighted by Gasteiger charge is -2.26. The van der Waals surface area contributed by atoms with E-state index in [1.165, 1.54) is 18.5 Å². The van der Waals surface area contributed by atoms with Crippen LogP contribution in [0.2, 0.25) is 0 Å². The maximum absolute atomic E-state index is 7.39. The summed E-state index contributed by atoms with van der Waals surface area (Å²) < 4.78 is 0. The van der Waals surface area contributed by atoms with Crippen LogP contribution in [0.5, 0.6) is 0 Å². The molecular formula is C14H21N3. The van der Waals surface area contributed by atoms with Crippen LogP contribution in [0.3, 0.4) is 0 Å². The number of nitrogens with zero attached hydrogens (tertiary/aromatic N) is 1. The van der Waals surface area contributed by atoms with Gasteiger partial charge in [0.15, 0.2) is 0 Å². The number of anilines is 1. The Balaban J connectivity index is 2.15. The first-order valence-electron chi connectivity index (χ1n) is 6.29. The molecule has 0 amide bonds. The van der Waals surface area contributed by atoms with Crippen LogP contribution in [-0.2, 0) is 0 Å². The number of nitrogens with two attached hydrogens (primary N) is 1. The molecule has 0 bridgehead atoms. The number of benzene rings is 1. The second-order valence-electron chi connectivity index (χ2n) is 5.24. The lowest BCUT2D eigenvalue weighted by atomic mass is 10.1. The van der Waals surface area contributed by atoms with Crippen molar-refractivity contribution in [2.24, 2.45) is 11.7 Å². The molecule has 1 fully saturated rings. The minimum atomic E-state index is 0.137. The molecule has 1 aliphatic rings. The largest absolute Gasteiger partial charge is 0.384 e. The fourth-order valence-electron chi connectivity index (χ4n) is 2.08. The van der Waals surface area contributed by atoms with Gasteiger partial charge in [-0.05, 0) is 43.0 Å². The van der Waals surface area contributed by atoms with Gasteiger partial charge in [0.25, 0.3) is 0 Å². The molecule has 0 saturated heterocycles. The number of hydrogen-bond donors (Lipinski definition) is 2. The number of amidine groups is 1. The summed E-state index contributed by atoms with van der Waals surface area (Å²) in [7, 11) is 0. The highest BCUT2D eigenvalue weighted by atomic mass is 15.2. The van der Waals surface area contributed by atoms with Crippen LogP contribution in [0, 0.1) is 11.3 Å². The van der Waals surface area contributed by atoms with Crippen LogP contribution >= 0.6 is 0 Å². The van der Waals surface area contributed by atoms with Crippen LogP contribution < -0.4 is 10.6 Å². The van der Waals surface area contributed by atoms with E-state index < -0.39 is 0 Å². The molecule has 3 nitrogen and oxygen atoms in total. The predicted octanol–water partition coefficient (Wildman–Crippen LogP) is 2.60. The topological polar surface area (TPSA) is 53.1 Å². The Bertz CT molecular complexity index is 390. The Morgan fingerprint density at radius 2 is 1.94 bits per heavy atom. The molecule has 0 spiro atoms. The predicted molar refractivity (Wildman–Crippen MR) is 72.7 cm³/mol. The van der Waals surface area contributed by atoms with Crippen LogP contribution in [0.1, 0.15) is 32.3 Å². The highest BCUT2D eigenvalue weighted by molar-refractivity contribution is 5.95. The zero-order valence-electron chi connectivity index (χ0n) is 10.6. The van der Waals surface area contributed by atoms with Gasteiger partial charge in [0, 0.05) is 23.8 Å². The standard InChI is InChI=1S/C14H21N3/c1-10(2)9-17(13-7-8-13)12-5-3-11(4-6-12)14(15)16/h3-6,10,13H,7-9H2,1-2H3,(H3,15,16). The SMILES string of the molecule is CC(C)CN(c1ccc(C(=N)N)cc1)C1CC1. The summed E-state index contributed by atoms with van der Waals surface area (Å²) in [6.45, 7) is 5.60. The zero-order valence-corrected chi connectivity index (χ0v) is 10.6. The van der Waals surface area contributed by atoms with Crippen LogP contribution in [0.25, 0.3) is 0 Å². The van der Waals surface area contributed by atoms with Crippen molar-refractivity contribution in [3.63, 3.8) is 0 Å². The molecule has 0 aliphatic heterocycles. The number of hydrogen-bond acceptors (Lipinski definition) is 2. The van der Waals surface area contributed by atoms with Gasteiger partial charge in [-0.15, -0.1) is 0 Å². The summed E-state index contributed by atoms with van der Waals surface area (Å²) in [5.41, 5.74) is 7.52. The molecule has 1 aromatic rings. The van der Waals surface area contributed by atoms with Crippen molar-refractivity contribution in [2.45, 2.75) is 32.7 Å². The first-order chi connectivity index (χ1) is 8.08. The van der Waals surface area contributed by atoms with Crippen molar-refractivity contribution in [3.8, 4) is 0 Å². The van der Waals surface area contributed by atoms with E-state index >= 15 is 0 Å². The molecule has 17 heavy (non-hydrogen) atoms. The van der Waals surface area contributed by atoms with Crippen LogP contribution in [0.15, 0.2) is 24.3 Å². The molecule has 0 heterocycles. The lowest BCUT2D eigenvalue weighted by molar-refractivity contribution is 0.607. The van der Waals surface area contributed by atoms with Gasteiger partial charge in [-0.2, -0.15) is 0 Å². The van der Waals surface area contributed by atoms with Gasteiger partial charge in [-0.25, -0.2) is 0 Å². The summed E-state index contributed by atoms with van der Waals surface area (Å²) in [6, 6.07) is 8.76. The molecule has 0 unspecified atom stereocenters. The Hall–Kier alpha value is -1.51. The van der Waals surface area contributed by atoms with E-state index in [2.05, 4.69) is 30.9 Å². The van der Waals surface area contributed by atoms with Crippen molar-refractivity contribution in [3.05, 3.63) is 29.8 Å². The molecule has 3 N–H and O–H groups in total. The van der Waals surface area contributed by atoms with Crippen molar-refractivity contribution in [1.82, 2.24) is 0 Å². The quantitative estimate of drug-likeness (QED) is 0.604. The smallest absolute Gasteiger partial charge is 0.122 e. The normalized spacial score (nSPS) is 15.0. The lowest BCUT2D eigenvalue weighted by Crippen LogP contribution is -2.29. The van der Waals surface area contributed by atoms with E-state index in [0.29, 0.717) is 5.92 Å². The fourth-order valence-corrected chi connectivity index (χ4v) is 2.08. The second-order valence-corrected chi connectivity index (χ2v) is 5.24. The van der Waals surface area contributed by atoms with Gasteiger partial charge in [-0.1, -0.05) is 13.8 Å². The minimum absolute atomic E-state index is 0.137. The van der Waals surface area contributed by atoms with E-state index in [1.54, 1.807) is 0 Å². The molecule has 1 saturated carbocycles. The monoisotopic (exact) mass is 231 g/mol. The second kappa shape index (κ2) is 4.78. The molecule has 1 aromatic carbocycles. The molecular weight excluding hydrogens is 210 g/mol. The minimum Gasteiger partial charge on any atom is -0.384 e.